The van der Waals surface area contributed by atoms with E-state index in [9.17, 15) is 9.59 Å². The number of carbonyl (C=O) groups is 2. The third-order valence-electron chi connectivity index (χ3n) is 4.92. The van der Waals surface area contributed by atoms with Crippen molar-refractivity contribution in [2.75, 3.05) is 12.4 Å². The highest BCUT2D eigenvalue weighted by atomic mass is 16.2. The van der Waals surface area contributed by atoms with Gasteiger partial charge in [0.1, 0.15) is 5.82 Å². The van der Waals surface area contributed by atoms with E-state index in [0.29, 0.717) is 11.4 Å². The number of likely N-dealkylation sites (N-methyl/N-ethyl adjacent to an activating group) is 1. The molecule has 0 radical (unpaired) electrons. The molecule has 1 N–H and O–H groups in total. The molecule has 5 heteroatoms. The van der Waals surface area contributed by atoms with Gasteiger partial charge < -0.3 is 10.2 Å². The Hall–Kier alpha value is -3.47. The number of aromatic nitrogens is 1. The van der Waals surface area contributed by atoms with Crippen molar-refractivity contribution in [1.29, 1.82) is 0 Å². The fourth-order valence-corrected chi connectivity index (χ4v) is 3.66. The predicted molar refractivity (Wildman–Crippen MR) is 103 cm³/mol. The molecule has 0 spiro atoms. The molecular formula is C22H19N3O2. The van der Waals surface area contributed by atoms with Crippen molar-refractivity contribution in [1.82, 2.24) is 9.88 Å². The third kappa shape index (κ3) is 3.08. The second-order valence-corrected chi connectivity index (χ2v) is 6.54. The molecule has 3 aromatic rings. The maximum absolute atomic E-state index is 13.3. The SMILES string of the molecule is CN1C(=O)c2ccccc2[C@@H](C(=O)Nc2ccccn2)[C@H]1c1ccccc1. The van der Waals surface area contributed by atoms with Crippen molar-refractivity contribution < 1.29 is 9.59 Å². The van der Waals surface area contributed by atoms with E-state index in [0.717, 1.165) is 11.1 Å². The predicted octanol–water partition coefficient (Wildman–Crippen LogP) is 3.63. The lowest BCUT2D eigenvalue weighted by molar-refractivity contribution is -0.119. The first-order valence-electron chi connectivity index (χ1n) is 8.80. The molecule has 0 bridgehead atoms. The summed E-state index contributed by atoms with van der Waals surface area (Å²) >= 11 is 0. The van der Waals surface area contributed by atoms with E-state index in [1.807, 2.05) is 54.6 Å². The van der Waals surface area contributed by atoms with Gasteiger partial charge in [-0.05, 0) is 29.3 Å². The van der Waals surface area contributed by atoms with Crippen molar-refractivity contribution >= 4 is 17.6 Å². The molecule has 2 aromatic carbocycles. The van der Waals surface area contributed by atoms with Gasteiger partial charge in [-0.3, -0.25) is 9.59 Å². The fraction of sp³-hybridized carbons (Fsp3) is 0.136. The lowest BCUT2D eigenvalue weighted by Gasteiger charge is -2.39. The van der Waals surface area contributed by atoms with Gasteiger partial charge in [0.05, 0.1) is 12.0 Å². The maximum Gasteiger partial charge on any atom is 0.254 e. The summed E-state index contributed by atoms with van der Waals surface area (Å²) in [7, 11) is 1.75. The van der Waals surface area contributed by atoms with Gasteiger partial charge in [0.15, 0.2) is 0 Å². The van der Waals surface area contributed by atoms with E-state index >= 15 is 0 Å². The van der Waals surface area contributed by atoms with E-state index in [4.69, 9.17) is 0 Å². The van der Waals surface area contributed by atoms with Gasteiger partial charge in [-0.25, -0.2) is 4.98 Å². The van der Waals surface area contributed by atoms with Gasteiger partial charge in [-0.15, -0.1) is 0 Å². The molecule has 0 aliphatic carbocycles. The molecule has 2 atom stereocenters. The van der Waals surface area contributed by atoms with E-state index in [1.165, 1.54) is 0 Å². The molecule has 0 saturated heterocycles. The molecule has 5 nitrogen and oxygen atoms in total. The molecule has 1 aliphatic heterocycles. The van der Waals surface area contributed by atoms with Gasteiger partial charge >= 0.3 is 0 Å². The van der Waals surface area contributed by atoms with E-state index < -0.39 is 12.0 Å². The van der Waals surface area contributed by atoms with E-state index in [2.05, 4.69) is 10.3 Å². The van der Waals surface area contributed by atoms with Crippen LogP contribution >= 0.6 is 0 Å². The first-order chi connectivity index (χ1) is 13.2. The van der Waals surface area contributed by atoms with Crippen LogP contribution in [0, 0.1) is 0 Å². The zero-order valence-corrected chi connectivity index (χ0v) is 14.9. The highest BCUT2D eigenvalue weighted by Crippen LogP contribution is 2.42. The van der Waals surface area contributed by atoms with Crippen LogP contribution in [0.1, 0.15) is 33.4 Å². The maximum atomic E-state index is 13.3. The monoisotopic (exact) mass is 357 g/mol. The van der Waals surface area contributed by atoms with Crippen molar-refractivity contribution in [2.24, 2.45) is 0 Å². The molecule has 27 heavy (non-hydrogen) atoms. The third-order valence-corrected chi connectivity index (χ3v) is 4.92. The van der Waals surface area contributed by atoms with Crippen LogP contribution < -0.4 is 5.32 Å². The zero-order chi connectivity index (χ0) is 18.8. The molecule has 2 amide bonds. The van der Waals surface area contributed by atoms with E-state index in [-0.39, 0.29) is 11.8 Å². The van der Waals surface area contributed by atoms with Crippen LogP contribution in [-0.4, -0.2) is 28.7 Å². The highest BCUT2D eigenvalue weighted by molar-refractivity contribution is 6.04. The fourth-order valence-electron chi connectivity index (χ4n) is 3.66. The van der Waals surface area contributed by atoms with Crippen LogP contribution in [-0.2, 0) is 4.79 Å². The van der Waals surface area contributed by atoms with Gasteiger partial charge in [0.2, 0.25) is 5.91 Å². The summed E-state index contributed by atoms with van der Waals surface area (Å²) in [6.45, 7) is 0. The summed E-state index contributed by atoms with van der Waals surface area (Å²) in [6.07, 6.45) is 1.63. The normalized spacial score (nSPS) is 18.7. The molecule has 0 fully saturated rings. The van der Waals surface area contributed by atoms with Crippen LogP contribution in [0.3, 0.4) is 0 Å². The minimum atomic E-state index is -0.534. The van der Waals surface area contributed by atoms with Gasteiger partial charge in [-0.1, -0.05) is 54.6 Å². The van der Waals surface area contributed by atoms with Crippen LogP contribution in [0.5, 0.6) is 0 Å². The Morgan fingerprint density at radius 2 is 1.67 bits per heavy atom. The smallest absolute Gasteiger partial charge is 0.254 e. The minimum Gasteiger partial charge on any atom is -0.334 e. The Morgan fingerprint density at radius 1 is 0.963 bits per heavy atom. The van der Waals surface area contributed by atoms with Gasteiger partial charge in [0, 0.05) is 18.8 Å². The quantitative estimate of drug-likeness (QED) is 0.779. The number of benzene rings is 2. The van der Waals surface area contributed by atoms with Crippen LogP contribution in [0.25, 0.3) is 0 Å². The molecule has 1 aromatic heterocycles. The average Bonchev–Trinajstić information content (AvgIpc) is 2.72. The topological polar surface area (TPSA) is 62.3 Å². The first-order valence-corrected chi connectivity index (χ1v) is 8.80. The lowest BCUT2D eigenvalue weighted by atomic mass is 9.79. The lowest BCUT2D eigenvalue weighted by Crippen LogP contribution is -2.44. The first kappa shape index (κ1) is 17.0. The second-order valence-electron chi connectivity index (χ2n) is 6.54. The average molecular weight is 357 g/mol. The Bertz CT molecular complexity index is 973. The molecule has 0 saturated carbocycles. The number of fused-ring (bicyclic) bond motifs is 1. The number of hydrogen-bond donors (Lipinski definition) is 1. The Morgan fingerprint density at radius 3 is 2.41 bits per heavy atom. The number of hydrogen-bond acceptors (Lipinski definition) is 3. The standard InChI is InChI=1S/C22H19N3O2/c1-25-20(15-9-3-2-4-10-15)19(16-11-5-6-12-17(16)22(25)27)21(26)24-18-13-7-8-14-23-18/h2-14,19-20H,1H3,(H,23,24,26)/t19-,20-/m1/s1. The van der Waals surface area contributed by atoms with Gasteiger partial charge in [0.25, 0.3) is 5.91 Å². The number of nitrogens with one attached hydrogen (secondary N) is 1. The van der Waals surface area contributed by atoms with Crippen molar-refractivity contribution in [2.45, 2.75) is 12.0 Å². The molecular weight excluding hydrogens is 338 g/mol. The minimum absolute atomic E-state index is 0.0821. The number of rotatable bonds is 3. The molecule has 1 aliphatic rings. The van der Waals surface area contributed by atoms with Crippen LogP contribution in [0.4, 0.5) is 5.82 Å². The van der Waals surface area contributed by atoms with Crippen LogP contribution in [0.15, 0.2) is 79.0 Å². The highest BCUT2D eigenvalue weighted by Gasteiger charge is 2.42. The number of pyridine rings is 1. The molecule has 2 heterocycles. The molecule has 4 rings (SSSR count). The number of nitrogens with zero attached hydrogens (tertiary/aromatic N) is 2. The summed E-state index contributed by atoms with van der Waals surface area (Å²) in [5, 5.41) is 2.90. The van der Waals surface area contributed by atoms with Crippen LogP contribution in [0.2, 0.25) is 0 Å². The Labute approximate surface area is 157 Å². The largest absolute Gasteiger partial charge is 0.334 e. The van der Waals surface area contributed by atoms with Crippen molar-refractivity contribution in [3.63, 3.8) is 0 Å². The summed E-state index contributed by atoms with van der Waals surface area (Å²) < 4.78 is 0. The summed E-state index contributed by atoms with van der Waals surface area (Å²) in [5.74, 6) is -0.310. The summed E-state index contributed by atoms with van der Waals surface area (Å²) in [6, 6.07) is 21.9. The summed E-state index contributed by atoms with van der Waals surface area (Å²) in [4.78, 5) is 32.0. The number of anilines is 1. The number of amides is 2. The van der Waals surface area contributed by atoms with Crippen molar-refractivity contribution in [3.05, 3.63) is 95.7 Å². The van der Waals surface area contributed by atoms with E-state index in [1.54, 1.807) is 36.3 Å². The second kappa shape index (κ2) is 7.03. The van der Waals surface area contributed by atoms with Gasteiger partial charge in [-0.2, -0.15) is 0 Å². The molecule has 0 unspecified atom stereocenters. The molecule has 134 valence electrons. The Kier molecular flexibility index (Phi) is 4.42. The Balaban J connectivity index is 1.81. The number of carbonyl (C=O) groups excluding carboxylic acids is 2. The summed E-state index contributed by atoms with van der Waals surface area (Å²) in [5.41, 5.74) is 2.22. The van der Waals surface area contributed by atoms with Crippen molar-refractivity contribution in [3.8, 4) is 0 Å². The zero-order valence-electron chi connectivity index (χ0n) is 14.9.